The third-order valence-electron chi connectivity index (χ3n) is 3.16. The number of sulfone groups is 1. The van der Waals surface area contributed by atoms with Gasteiger partial charge in [-0.25, -0.2) is 26.9 Å². The molecule has 1 aromatic carbocycles. The lowest BCUT2D eigenvalue weighted by Crippen LogP contribution is -2.12. The summed E-state index contributed by atoms with van der Waals surface area (Å²) in [5, 5.41) is 3.87. The quantitative estimate of drug-likeness (QED) is 0.817. The van der Waals surface area contributed by atoms with Crippen LogP contribution in [0.2, 0.25) is 0 Å². The van der Waals surface area contributed by atoms with Gasteiger partial charge in [-0.2, -0.15) is 5.10 Å². The number of rotatable bonds is 6. The summed E-state index contributed by atoms with van der Waals surface area (Å²) in [6.45, 7) is 3.48. The second-order valence-electron chi connectivity index (χ2n) is 5.03. The molecule has 8 heteroatoms. The number of alkyl halides is 2. The molecule has 22 heavy (non-hydrogen) atoms. The molecule has 0 bridgehead atoms. The van der Waals surface area contributed by atoms with Crippen molar-refractivity contribution < 1.29 is 17.2 Å². The number of hydrogen-bond donors (Lipinski definition) is 0. The first-order valence-electron chi connectivity index (χ1n) is 6.78. The summed E-state index contributed by atoms with van der Waals surface area (Å²) >= 11 is 0. The Balaban J connectivity index is 2.03. The molecule has 5 nitrogen and oxygen atoms in total. The molecule has 0 amide bonds. The first kappa shape index (κ1) is 16.5. The Morgan fingerprint density at radius 1 is 1.18 bits per heavy atom. The predicted molar refractivity (Wildman–Crippen MR) is 77.6 cm³/mol. The zero-order valence-electron chi connectivity index (χ0n) is 12.3. The van der Waals surface area contributed by atoms with Gasteiger partial charge in [0, 0.05) is 6.54 Å². The largest absolute Gasteiger partial charge is 0.297 e. The van der Waals surface area contributed by atoms with E-state index in [4.69, 9.17) is 0 Å². The highest BCUT2D eigenvalue weighted by atomic mass is 32.2. The van der Waals surface area contributed by atoms with E-state index in [0.29, 0.717) is 0 Å². The maximum Gasteiger partial charge on any atom is 0.297 e. The highest BCUT2D eigenvalue weighted by Gasteiger charge is 2.19. The summed E-state index contributed by atoms with van der Waals surface area (Å²) in [4.78, 5) is 3.88. The molecular weight excluding hydrogens is 312 g/mol. The number of nitrogens with zero attached hydrogens (tertiary/aromatic N) is 3. The molecular formula is C14H17F2N3O2S. The van der Waals surface area contributed by atoms with Crippen LogP contribution in [-0.4, -0.2) is 28.9 Å². The minimum Gasteiger partial charge on any atom is -0.245 e. The molecule has 2 aromatic rings. The molecule has 0 unspecified atom stereocenters. The number of benzene rings is 1. The molecule has 120 valence electrons. The van der Waals surface area contributed by atoms with Crippen LogP contribution in [0.15, 0.2) is 29.2 Å². The van der Waals surface area contributed by atoms with Gasteiger partial charge >= 0.3 is 0 Å². The third-order valence-corrected chi connectivity index (χ3v) is 4.98. The summed E-state index contributed by atoms with van der Waals surface area (Å²) in [5.41, 5.74) is 0.971. The van der Waals surface area contributed by atoms with Crippen molar-refractivity contribution in [2.75, 3.05) is 5.75 Å². The first-order chi connectivity index (χ1) is 10.3. The van der Waals surface area contributed by atoms with Crippen molar-refractivity contribution in [1.29, 1.82) is 0 Å². The average molecular weight is 329 g/mol. The van der Waals surface area contributed by atoms with Crippen molar-refractivity contribution in [3.63, 3.8) is 0 Å². The predicted octanol–water partition coefficient (Wildman–Crippen LogP) is 2.70. The van der Waals surface area contributed by atoms with E-state index in [1.807, 2.05) is 6.92 Å². The lowest BCUT2D eigenvalue weighted by atomic mass is 10.2. The molecule has 0 fully saturated rings. The second-order valence-corrected chi connectivity index (χ2v) is 7.14. The van der Waals surface area contributed by atoms with Crippen molar-refractivity contribution in [1.82, 2.24) is 14.8 Å². The monoisotopic (exact) mass is 329 g/mol. The lowest BCUT2D eigenvalue weighted by molar-refractivity contribution is 0.133. The van der Waals surface area contributed by atoms with Crippen LogP contribution in [0.5, 0.6) is 0 Å². The lowest BCUT2D eigenvalue weighted by Gasteiger charge is -2.07. The summed E-state index contributed by atoms with van der Waals surface area (Å²) in [7, 11) is -3.42. The first-order valence-corrected chi connectivity index (χ1v) is 8.44. The van der Waals surface area contributed by atoms with Crippen molar-refractivity contribution in [2.24, 2.45) is 0 Å². The molecule has 1 aromatic heterocycles. The van der Waals surface area contributed by atoms with Gasteiger partial charge in [-0.1, -0.05) is 17.7 Å². The third kappa shape index (κ3) is 3.88. The van der Waals surface area contributed by atoms with E-state index < -0.39 is 22.1 Å². The van der Waals surface area contributed by atoms with Crippen LogP contribution in [0.4, 0.5) is 8.78 Å². The molecule has 0 atom stereocenters. The van der Waals surface area contributed by atoms with Crippen molar-refractivity contribution >= 4 is 9.84 Å². The van der Waals surface area contributed by atoms with Crippen LogP contribution in [0.25, 0.3) is 0 Å². The van der Waals surface area contributed by atoms with Gasteiger partial charge in [0.15, 0.2) is 15.7 Å². The maximum atomic E-state index is 12.8. The summed E-state index contributed by atoms with van der Waals surface area (Å²) in [6.07, 6.45) is -2.53. The van der Waals surface area contributed by atoms with E-state index in [0.717, 1.165) is 10.2 Å². The average Bonchev–Trinajstić information content (AvgIpc) is 2.80. The van der Waals surface area contributed by atoms with Crippen LogP contribution in [0.1, 0.15) is 30.1 Å². The molecule has 0 aliphatic heterocycles. The van der Waals surface area contributed by atoms with Gasteiger partial charge in [-0.3, -0.25) is 0 Å². The summed E-state index contributed by atoms with van der Waals surface area (Å²) < 4.78 is 50.9. The van der Waals surface area contributed by atoms with Gasteiger partial charge in [-0.05, 0) is 32.4 Å². The van der Waals surface area contributed by atoms with E-state index >= 15 is 0 Å². The smallest absolute Gasteiger partial charge is 0.245 e. The fraction of sp³-hybridized carbons (Fsp3) is 0.429. The molecule has 0 spiro atoms. The standard InChI is InChI=1S/C14H17F2N3O2S/c1-10-4-6-12(7-5-10)22(20,21)9-3-8-19-14(13(15)16)17-11(2)18-19/h4-7,13H,3,8-9H2,1-2H3. The number of aromatic nitrogens is 3. The minimum absolute atomic E-state index is 0.0889. The number of hydrogen-bond acceptors (Lipinski definition) is 4. The van der Waals surface area contributed by atoms with Crippen LogP contribution in [-0.2, 0) is 16.4 Å². The van der Waals surface area contributed by atoms with Crippen LogP contribution < -0.4 is 0 Å². The molecule has 0 aliphatic rings. The molecule has 0 saturated carbocycles. The van der Waals surface area contributed by atoms with Gasteiger partial charge < -0.3 is 0 Å². The molecule has 0 radical (unpaired) electrons. The van der Waals surface area contributed by atoms with E-state index in [-0.39, 0.29) is 29.4 Å². The fourth-order valence-corrected chi connectivity index (χ4v) is 3.36. The number of aryl methyl sites for hydroxylation is 3. The molecule has 0 saturated heterocycles. The molecule has 0 N–H and O–H groups in total. The maximum absolute atomic E-state index is 12.8. The van der Waals surface area contributed by atoms with E-state index in [2.05, 4.69) is 10.1 Å². The highest BCUT2D eigenvalue weighted by molar-refractivity contribution is 7.91. The SMILES string of the molecule is Cc1ccc(S(=O)(=O)CCCn2nc(C)nc2C(F)F)cc1. The van der Waals surface area contributed by atoms with Crippen molar-refractivity contribution in [2.45, 2.75) is 38.1 Å². The highest BCUT2D eigenvalue weighted by Crippen LogP contribution is 2.18. The van der Waals surface area contributed by atoms with Gasteiger partial charge in [0.05, 0.1) is 10.6 Å². The topological polar surface area (TPSA) is 64.8 Å². The zero-order valence-corrected chi connectivity index (χ0v) is 13.1. The Kier molecular flexibility index (Phi) is 4.90. The van der Waals surface area contributed by atoms with Crippen molar-refractivity contribution in [3.05, 3.63) is 41.5 Å². The van der Waals surface area contributed by atoms with E-state index in [1.165, 1.54) is 6.92 Å². The van der Waals surface area contributed by atoms with Crippen LogP contribution in [0, 0.1) is 13.8 Å². The van der Waals surface area contributed by atoms with Gasteiger partial charge in [0.25, 0.3) is 6.43 Å². The van der Waals surface area contributed by atoms with Gasteiger partial charge in [0.2, 0.25) is 0 Å². The van der Waals surface area contributed by atoms with E-state index in [1.54, 1.807) is 24.3 Å². The number of halogens is 2. The van der Waals surface area contributed by atoms with Crippen LogP contribution in [0.3, 0.4) is 0 Å². The minimum atomic E-state index is -3.42. The Morgan fingerprint density at radius 3 is 2.41 bits per heavy atom. The van der Waals surface area contributed by atoms with Crippen molar-refractivity contribution in [3.8, 4) is 0 Å². The Bertz CT molecular complexity index is 740. The van der Waals surface area contributed by atoms with Crippen LogP contribution >= 0.6 is 0 Å². The fourth-order valence-electron chi connectivity index (χ4n) is 2.07. The molecule has 1 heterocycles. The van der Waals surface area contributed by atoms with Gasteiger partial charge in [0.1, 0.15) is 5.82 Å². The Labute approximate surface area is 127 Å². The Hall–Kier alpha value is -1.83. The normalized spacial score (nSPS) is 12.0. The zero-order chi connectivity index (χ0) is 16.3. The van der Waals surface area contributed by atoms with Gasteiger partial charge in [-0.15, -0.1) is 0 Å². The Morgan fingerprint density at radius 2 is 1.82 bits per heavy atom. The molecule has 0 aliphatic carbocycles. The van der Waals surface area contributed by atoms with E-state index in [9.17, 15) is 17.2 Å². The second kappa shape index (κ2) is 6.51. The summed E-state index contributed by atoms with van der Waals surface area (Å²) in [6, 6.07) is 6.55. The summed E-state index contributed by atoms with van der Waals surface area (Å²) in [5.74, 6) is -0.306. The molecule has 2 rings (SSSR count).